The SMILES string of the molecule is O=C(N=Nc1ccc(NOC(=O)c2cc([N+](=O)[O-])cc([N+](=O)[O-])c2)cc1)c1cc([N+](=O)[O-])cc([N+](=O)[O-])c1. The molecule has 192 valence electrons. The number of nitro benzene ring substituents is 4. The number of hydrogen-bond donors (Lipinski definition) is 1. The Kier molecular flexibility index (Phi) is 7.66. The van der Waals surface area contributed by atoms with Gasteiger partial charge in [-0.1, -0.05) is 0 Å². The second-order valence-corrected chi connectivity index (χ2v) is 7.05. The molecule has 0 radical (unpaired) electrons. The van der Waals surface area contributed by atoms with Gasteiger partial charge in [0.1, 0.15) is 0 Å². The maximum absolute atomic E-state index is 12.2. The molecule has 0 aliphatic heterocycles. The van der Waals surface area contributed by atoms with Crippen LogP contribution >= 0.6 is 0 Å². The van der Waals surface area contributed by atoms with Crippen molar-refractivity contribution in [2.45, 2.75) is 0 Å². The van der Waals surface area contributed by atoms with Crippen molar-refractivity contribution in [3.05, 3.63) is 112 Å². The molecule has 0 saturated carbocycles. The lowest BCUT2D eigenvalue weighted by molar-refractivity contribution is -0.394. The summed E-state index contributed by atoms with van der Waals surface area (Å²) in [5.74, 6) is -2.24. The largest absolute Gasteiger partial charge is 0.363 e. The molecule has 18 nitrogen and oxygen atoms in total. The highest BCUT2D eigenvalue weighted by molar-refractivity contribution is 5.96. The molecule has 3 rings (SSSR count). The van der Waals surface area contributed by atoms with E-state index in [0.29, 0.717) is 12.1 Å². The minimum absolute atomic E-state index is 0.101. The maximum atomic E-state index is 12.2. The highest BCUT2D eigenvalue weighted by atomic mass is 16.7. The topological polar surface area (TPSA) is 253 Å². The molecule has 0 bridgehead atoms. The van der Waals surface area contributed by atoms with Crippen molar-refractivity contribution in [1.29, 1.82) is 0 Å². The molecular weight excluding hydrogens is 514 g/mol. The van der Waals surface area contributed by atoms with Crippen LogP contribution in [0.2, 0.25) is 0 Å². The first kappa shape index (κ1) is 26.4. The summed E-state index contributed by atoms with van der Waals surface area (Å²) in [6, 6.07) is 9.84. The average molecular weight is 525 g/mol. The number of non-ortho nitro benzene ring substituents is 4. The van der Waals surface area contributed by atoms with E-state index < -0.39 is 65.4 Å². The van der Waals surface area contributed by atoms with E-state index in [1.807, 2.05) is 0 Å². The Balaban J connectivity index is 1.68. The molecule has 0 heterocycles. The van der Waals surface area contributed by atoms with Crippen molar-refractivity contribution in [1.82, 2.24) is 0 Å². The zero-order valence-electron chi connectivity index (χ0n) is 18.4. The van der Waals surface area contributed by atoms with Gasteiger partial charge in [-0.25, -0.2) is 10.3 Å². The Morgan fingerprint density at radius 1 is 0.658 bits per heavy atom. The van der Waals surface area contributed by atoms with Gasteiger partial charge in [-0.2, -0.15) is 0 Å². The normalized spacial score (nSPS) is 10.5. The standard InChI is InChI=1S/C20H11N7O11/c28-19(11-5-15(24(30)31)9-16(6-11)25(32)33)22-21-13-1-3-14(4-2-13)23-38-20(29)12-7-17(26(34)35)10-18(8-12)27(36)37/h1-10,23H. The molecule has 0 saturated heterocycles. The molecule has 0 aromatic heterocycles. The zero-order valence-corrected chi connectivity index (χ0v) is 18.4. The smallest absolute Gasteiger partial charge is 0.338 e. The van der Waals surface area contributed by atoms with Gasteiger partial charge >= 0.3 is 5.97 Å². The summed E-state index contributed by atoms with van der Waals surface area (Å²) >= 11 is 0. The number of hydrogen-bond acceptors (Lipinski definition) is 13. The van der Waals surface area contributed by atoms with E-state index >= 15 is 0 Å². The first-order chi connectivity index (χ1) is 17.9. The molecule has 0 spiro atoms. The Labute approximate surface area is 208 Å². The summed E-state index contributed by atoms with van der Waals surface area (Å²) in [6.45, 7) is 0. The first-order valence-electron chi connectivity index (χ1n) is 9.85. The molecule has 3 aromatic rings. The fourth-order valence-corrected chi connectivity index (χ4v) is 2.77. The lowest BCUT2D eigenvalue weighted by Crippen LogP contribution is -2.11. The molecule has 1 amide bonds. The van der Waals surface area contributed by atoms with Crippen LogP contribution in [0, 0.1) is 40.5 Å². The monoisotopic (exact) mass is 525 g/mol. The number of amides is 1. The highest BCUT2D eigenvalue weighted by Gasteiger charge is 2.22. The summed E-state index contributed by atoms with van der Waals surface area (Å²) in [7, 11) is 0. The number of carbonyl (C=O) groups is 2. The summed E-state index contributed by atoms with van der Waals surface area (Å²) in [5, 5.41) is 50.8. The summed E-state index contributed by atoms with van der Waals surface area (Å²) in [5.41, 5.74) is -1.11. The number of rotatable bonds is 9. The Morgan fingerprint density at radius 2 is 1.08 bits per heavy atom. The third kappa shape index (κ3) is 6.47. The molecule has 3 aromatic carbocycles. The van der Waals surface area contributed by atoms with Crippen molar-refractivity contribution >= 4 is 46.0 Å². The van der Waals surface area contributed by atoms with Gasteiger partial charge in [0.25, 0.3) is 28.7 Å². The number of azo groups is 1. The lowest BCUT2D eigenvalue weighted by atomic mass is 10.1. The first-order valence-corrected chi connectivity index (χ1v) is 9.85. The zero-order chi connectivity index (χ0) is 28.0. The molecular formula is C20H11N7O11. The lowest BCUT2D eigenvalue weighted by Gasteiger charge is -2.07. The van der Waals surface area contributed by atoms with Gasteiger partial charge in [-0.05, 0) is 24.3 Å². The molecule has 38 heavy (non-hydrogen) atoms. The minimum Gasteiger partial charge on any atom is -0.338 e. The van der Waals surface area contributed by atoms with Crippen LogP contribution < -0.4 is 5.48 Å². The van der Waals surface area contributed by atoms with Crippen LogP contribution in [0.15, 0.2) is 70.9 Å². The van der Waals surface area contributed by atoms with Gasteiger partial charge in [-0.3, -0.25) is 45.3 Å². The van der Waals surface area contributed by atoms with Crippen molar-refractivity contribution in [2.75, 3.05) is 5.48 Å². The molecule has 0 aliphatic rings. The van der Waals surface area contributed by atoms with Crippen LogP contribution in [-0.2, 0) is 4.84 Å². The molecule has 0 fully saturated rings. The summed E-state index contributed by atoms with van der Waals surface area (Å²) < 4.78 is 0. The van der Waals surface area contributed by atoms with Gasteiger partial charge in [0.2, 0.25) is 0 Å². The number of nitrogens with one attached hydrogen (secondary N) is 1. The number of benzene rings is 3. The van der Waals surface area contributed by atoms with Crippen LogP contribution in [0.25, 0.3) is 0 Å². The van der Waals surface area contributed by atoms with E-state index in [4.69, 9.17) is 4.84 Å². The van der Waals surface area contributed by atoms with Crippen molar-refractivity contribution < 1.29 is 34.1 Å². The van der Waals surface area contributed by atoms with Crippen molar-refractivity contribution in [3.8, 4) is 0 Å². The van der Waals surface area contributed by atoms with Gasteiger partial charge in [-0.15, -0.1) is 10.2 Å². The molecule has 18 heteroatoms. The predicted octanol–water partition coefficient (Wildman–Crippen LogP) is 4.43. The third-order valence-corrected chi connectivity index (χ3v) is 4.52. The van der Waals surface area contributed by atoms with Gasteiger partial charge in [0.15, 0.2) is 0 Å². The number of nitrogens with zero attached hydrogens (tertiary/aromatic N) is 6. The Bertz CT molecular complexity index is 1460. The van der Waals surface area contributed by atoms with E-state index in [1.165, 1.54) is 24.3 Å². The van der Waals surface area contributed by atoms with E-state index in [0.717, 1.165) is 24.3 Å². The quantitative estimate of drug-likeness (QED) is 0.231. The Hall–Kier alpha value is -6.20. The van der Waals surface area contributed by atoms with Crippen molar-refractivity contribution in [2.24, 2.45) is 10.2 Å². The fourth-order valence-electron chi connectivity index (χ4n) is 2.77. The number of nitro groups is 4. The third-order valence-electron chi connectivity index (χ3n) is 4.52. The van der Waals surface area contributed by atoms with Gasteiger partial charge in [0, 0.05) is 24.3 Å². The minimum atomic E-state index is -1.16. The maximum Gasteiger partial charge on any atom is 0.363 e. The van der Waals surface area contributed by atoms with E-state index in [9.17, 15) is 50.0 Å². The molecule has 0 atom stereocenters. The average Bonchev–Trinajstić information content (AvgIpc) is 2.90. The molecule has 0 unspecified atom stereocenters. The van der Waals surface area contributed by atoms with Gasteiger partial charge < -0.3 is 4.84 Å². The molecule has 1 N–H and O–H groups in total. The second kappa shape index (κ2) is 11.0. The summed E-state index contributed by atoms with van der Waals surface area (Å²) in [6.07, 6.45) is 0. The Morgan fingerprint density at radius 3 is 1.50 bits per heavy atom. The van der Waals surface area contributed by atoms with Crippen LogP contribution in [0.3, 0.4) is 0 Å². The van der Waals surface area contributed by atoms with Crippen LogP contribution in [0.4, 0.5) is 34.1 Å². The highest BCUT2D eigenvalue weighted by Crippen LogP contribution is 2.25. The van der Waals surface area contributed by atoms with E-state index in [1.54, 1.807) is 0 Å². The van der Waals surface area contributed by atoms with E-state index in [2.05, 4.69) is 15.7 Å². The van der Waals surface area contributed by atoms with Crippen LogP contribution in [-0.4, -0.2) is 31.6 Å². The number of anilines is 1. The number of carbonyl (C=O) groups excluding carboxylic acids is 2. The fraction of sp³-hybridized carbons (Fsp3) is 0. The van der Waals surface area contributed by atoms with Crippen LogP contribution in [0.5, 0.6) is 0 Å². The van der Waals surface area contributed by atoms with E-state index in [-0.39, 0.29) is 11.4 Å². The molecule has 0 aliphatic carbocycles. The van der Waals surface area contributed by atoms with Crippen LogP contribution in [0.1, 0.15) is 20.7 Å². The summed E-state index contributed by atoms with van der Waals surface area (Å²) in [4.78, 5) is 69.4. The van der Waals surface area contributed by atoms with Gasteiger partial charge in [0.05, 0.1) is 54.3 Å². The second-order valence-electron chi connectivity index (χ2n) is 7.05. The van der Waals surface area contributed by atoms with Crippen molar-refractivity contribution in [3.63, 3.8) is 0 Å². The predicted molar refractivity (Wildman–Crippen MR) is 124 cm³/mol.